The molecule has 0 aliphatic rings. The normalized spacial score (nSPS) is 11.1. The van der Waals surface area contributed by atoms with Gasteiger partial charge >= 0.3 is 5.69 Å². The van der Waals surface area contributed by atoms with Crippen LogP contribution >= 0.6 is 15.9 Å². The molecule has 0 saturated carbocycles. The molecule has 0 atom stereocenters. The predicted octanol–water partition coefficient (Wildman–Crippen LogP) is 0.208. The summed E-state index contributed by atoms with van der Waals surface area (Å²) in [7, 11) is 1.61. The molecular formula is C9H11BrN4O2. The van der Waals surface area contributed by atoms with Crippen molar-refractivity contribution in [3.05, 3.63) is 27.2 Å². The molecule has 6 nitrogen and oxygen atoms in total. The largest absolute Gasteiger partial charge is 0.339 e. The maximum absolute atomic E-state index is 11.9. The van der Waals surface area contributed by atoms with Crippen molar-refractivity contribution in [3.8, 4) is 0 Å². The highest BCUT2D eigenvalue weighted by Gasteiger charge is 2.11. The van der Waals surface area contributed by atoms with Crippen LogP contribution in [0.15, 0.2) is 15.9 Å². The van der Waals surface area contributed by atoms with Crippen LogP contribution in [0.1, 0.15) is 6.42 Å². The molecule has 0 aliphatic carbocycles. The Hall–Kier alpha value is -1.37. The zero-order valence-corrected chi connectivity index (χ0v) is 10.3. The number of aromatic nitrogens is 4. The van der Waals surface area contributed by atoms with E-state index < -0.39 is 0 Å². The van der Waals surface area contributed by atoms with Crippen LogP contribution in [0.3, 0.4) is 0 Å². The molecule has 0 aliphatic heterocycles. The van der Waals surface area contributed by atoms with E-state index in [-0.39, 0.29) is 11.2 Å². The molecule has 0 amide bonds. The summed E-state index contributed by atoms with van der Waals surface area (Å²) in [5.41, 5.74) is 0.129. The Balaban J connectivity index is 2.73. The van der Waals surface area contributed by atoms with E-state index in [9.17, 15) is 9.59 Å². The molecule has 1 N–H and O–H groups in total. The lowest BCUT2D eigenvalue weighted by Gasteiger charge is -2.06. The van der Waals surface area contributed by atoms with Crippen LogP contribution in [-0.2, 0) is 13.6 Å². The van der Waals surface area contributed by atoms with E-state index in [2.05, 4.69) is 25.9 Å². The van der Waals surface area contributed by atoms with E-state index in [4.69, 9.17) is 0 Å². The molecule has 7 heteroatoms. The molecule has 0 unspecified atom stereocenters. The summed E-state index contributed by atoms with van der Waals surface area (Å²) in [6.07, 6.45) is 2.15. The number of nitrogens with one attached hydrogen (secondary N) is 1. The first kappa shape index (κ1) is 11.1. The van der Waals surface area contributed by atoms with Gasteiger partial charge in [0.1, 0.15) is 5.52 Å². The maximum Gasteiger partial charge on any atom is 0.332 e. The third kappa shape index (κ3) is 1.60. The van der Waals surface area contributed by atoms with Crippen LogP contribution in [0, 0.1) is 0 Å². The number of hydrogen-bond donors (Lipinski definition) is 1. The summed E-state index contributed by atoms with van der Waals surface area (Å²) in [4.78, 5) is 30.5. The number of rotatable bonds is 3. The fraction of sp³-hybridized carbons (Fsp3) is 0.444. The van der Waals surface area contributed by atoms with Gasteiger partial charge in [-0.2, -0.15) is 0 Å². The van der Waals surface area contributed by atoms with Gasteiger partial charge in [-0.1, -0.05) is 15.9 Å². The van der Waals surface area contributed by atoms with Crippen LogP contribution in [0.25, 0.3) is 11.2 Å². The summed E-state index contributed by atoms with van der Waals surface area (Å²) in [5, 5.41) is 0.754. The highest BCUT2D eigenvalue weighted by molar-refractivity contribution is 9.09. The minimum atomic E-state index is -0.328. The van der Waals surface area contributed by atoms with E-state index in [1.165, 1.54) is 15.5 Å². The molecule has 16 heavy (non-hydrogen) atoms. The average Bonchev–Trinajstić information content (AvgIpc) is 2.75. The van der Waals surface area contributed by atoms with Gasteiger partial charge < -0.3 is 4.98 Å². The van der Waals surface area contributed by atoms with E-state index in [0.29, 0.717) is 17.7 Å². The average molecular weight is 287 g/mol. The SMILES string of the molecule is Cn1c(=O)n(CCCBr)c(=O)c2[nH]cnc21. The molecular weight excluding hydrogens is 276 g/mol. The van der Waals surface area contributed by atoms with Crippen LogP contribution in [0.4, 0.5) is 0 Å². The van der Waals surface area contributed by atoms with Gasteiger partial charge in [-0.15, -0.1) is 0 Å². The summed E-state index contributed by atoms with van der Waals surface area (Å²) in [6, 6.07) is 0. The molecule has 0 fully saturated rings. The first-order valence-electron chi connectivity index (χ1n) is 4.85. The molecule has 0 radical (unpaired) electrons. The maximum atomic E-state index is 11.9. The third-order valence-electron chi connectivity index (χ3n) is 2.43. The molecule has 0 aromatic carbocycles. The van der Waals surface area contributed by atoms with Crippen LogP contribution < -0.4 is 11.2 Å². The summed E-state index contributed by atoms with van der Waals surface area (Å²) in [5.74, 6) is 0. The monoisotopic (exact) mass is 286 g/mol. The number of fused-ring (bicyclic) bond motifs is 1. The Kier molecular flexibility index (Phi) is 2.95. The summed E-state index contributed by atoms with van der Waals surface area (Å²) in [6.45, 7) is 0.408. The van der Waals surface area contributed by atoms with Crippen molar-refractivity contribution < 1.29 is 0 Å². The highest BCUT2D eigenvalue weighted by atomic mass is 79.9. The zero-order chi connectivity index (χ0) is 11.7. The minimum Gasteiger partial charge on any atom is -0.339 e. The predicted molar refractivity (Wildman–Crippen MR) is 64.0 cm³/mol. The van der Waals surface area contributed by atoms with Crippen molar-refractivity contribution in [3.63, 3.8) is 0 Å². The van der Waals surface area contributed by atoms with Gasteiger partial charge in [0.2, 0.25) is 0 Å². The molecule has 0 bridgehead atoms. The lowest BCUT2D eigenvalue weighted by molar-refractivity contribution is 0.597. The second-order valence-corrected chi connectivity index (χ2v) is 4.24. The fourth-order valence-corrected chi connectivity index (χ4v) is 1.86. The zero-order valence-electron chi connectivity index (χ0n) is 8.73. The van der Waals surface area contributed by atoms with Crippen LogP contribution in [0.5, 0.6) is 0 Å². The third-order valence-corrected chi connectivity index (χ3v) is 2.99. The first-order valence-corrected chi connectivity index (χ1v) is 5.98. The Morgan fingerprint density at radius 3 is 2.94 bits per heavy atom. The van der Waals surface area contributed by atoms with Crippen molar-refractivity contribution in [2.24, 2.45) is 7.05 Å². The lowest BCUT2D eigenvalue weighted by Crippen LogP contribution is -2.39. The number of alkyl halides is 1. The number of aromatic amines is 1. The molecule has 86 valence electrons. The van der Waals surface area contributed by atoms with Gasteiger partial charge in [0.05, 0.1) is 6.33 Å². The number of aryl methyl sites for hydroxylation is 1. The van der Waals surface area contributed by atoms with Gasteiger partial charge in [0, 0.05) is 18.9 Å². The second kappa shape index (κ2) is 4.25. The molecule has 0 spiro atoms. The fourth-order valence-electron chi connectivity index (χ4n) is 1.61. The van der Waals surface area contributed by atoms with Gasteiger partial charge in [-0.05, 0) is 6.42 Å². The van der Waals surface area contributed by atoms with E-state index in [1.54, 1.807) is 7.05 Å². The van der Waals surface area contributed by atoms with Gasteiger partial charge in [0.15, 0.2) is 5.65 Å². The van der Waals surface area contributed by atoms with Gasteiger partial charge in [-0.25, -0.2) is 9.78 Å². The van der Waals surface area contributed by atoms with E-state index in [1.807, 2.05) is 0 Å². The van der Waals surface area contributed by atoms with Gasteiger partial charge in [-0.3, -0.25) is 13.9 Å². The Morgan fingerprint density at radius 2 is 2.25 bits per heavy atom. The number of hydrogen-bond acceptors (Lipinski definition) is 3. The van der Waals surface area contributed by atoms with Crippen molar-refractivity contribution in [2.45, 2.75) is 13.0 Å². The highest BCUT2D eigenvalue weighted by Crippen LogP contribution is 1.99. The Labute approximate surface area is 99.1 Å². The molecule has 0 saturated heterocycles. The number of halogens is 1. The Bertz CT molecular complexity index is 624. The van der Waals surface area contributed by atoms with Gasteiger partial charge in [0.25, 0.3) is 5.56 Å². The minimum absolute atomic E-state index is 0.309. The van der Waals surface area contributed by atoms with Crippen molar-refractivity contribution in [2.75, 3.05) is 5.33 Å². The smallest absolute Gasteiger partial charge is 0.332 e. The molecule has 2 heterocycles. The van der Waals surface area contributed by atoms with Crippen LogP contribution in [-0.4, -0.2) is 24.4 Å². The quantitative estimate of drug-likeness (QED) is 0.820. The van der Waals surface area contributed by atoms with E-state index >= 15 is 0 Å². The Morgan fingerprint density at radius 1 is 1.50 bits per heavy atom. The number of nitrogens with zero attached hydrogens (tertiary/aromatic N) is 3. The molecule has 2 rings (SSSR count). The first-order chi connectivity index (χ1) is 7.66. The second-order valence-electron chi connectivity index (χ2n) is 3.44. The van der Waals surface area contributed by atoms with Crippen molar-refractivity contribution in [1.82, 2.24) is 19.1 Å². The number of H-pyrrole nitrogens is 1. The summed E-state index contributed by atoms with van der Waals surface area (Å²) >= 11 is 3.27. The van der Waals surface area contributed by atoms with E-state index in [0.717, 1.165) is 11.8 Å². The lowest BCUT2D eigenvalue weighted by atomic mass is 10.4. The topological polar surface area (TPSA) is 72.7 Å². The molecule has 2 aromatic rings. The molecule has 2 aromatic heterocycles. The van der Waals surface area contributed by atoms with Crippen molar-refractivity contribution >= 4 is 27.1 Å². The van der Waals surface area contributed by atoms with Crippen molar-refractivity contribution in [1.29, 1.82) is 0 Å². The van der Waals surface area contributed by atoms with Crippen LogP contribution in [0.2, 0.25) is 0 Å². The summed E-state index contributed by atoms with van der Waals surface area (Å²) < 4.78 is 2.60. The standard InChI is InChI=1S/C9H11BrN4O2/c1-13-7-6(11-5-12-7)8(15)14(9(13)16)4-2-3-10/h5H,2-4H2,1H3,(H,11,12). The number of imidazole rings is 1.